The van der Waals surface area contributed by atoms with Gasteiger partial charge in [0, 0.05) is 18.0 Å². The van der Waals surface area contributed by atoms with E-state index < -0.39 is 11.7 Å². The number of nitrogens with one attached hydrogen (secondary N) is 1. The maximum Gasteiger partial charge on any atom is 0.414 e. The lowest BCUT2D eigenvalue weighted by Gasteiger charge is -2.19. The minimum absolute atomic E-state index is 0.154. The lowest BCUT2D eigenvalue weighted by Crippen LogP contribution is -2.27. The van der Waals surface area contributed by atoms with Gasteiger partial charge in [-0.05, 0) is 20.8 Å². The number of rotatable bonds is 2. The van der Waals surface area contributed by atoms with E-state index in [1.165, 1.54) is 12.4 Å². The predicted molar refractivity (Wildman–Crippen MR) is 61.2 cm³/mol. The zero-order valence-electron chi connectivity index (χ0n) is 10.0. The molecule has 0 bridgehead atoms. The topological polar surface area (TPSA) is 87.9 Å². The molecule has 0 saturated carbocycles. The second kappa shape index (κ2) is 5.25. The fraction of sp³-hybridized carbons (Fsp3) is 0.455. The molecule has 0 aliphatic rings. The van der Waals surface area contributed by atoms with Gasteiger partial charge in [0.05, 0.1) is 12.5 Å². The summed E-state index contributed by atoms with van der Waals surface area (Å²) in [6.07, 6.45) is 2.61. The third-order valence-electron chi connectivity index (χ3n) is 1.60. The molecule has 1 N–H and O–H groups in total. The molecule has 1 aromatic heterocycles. The van der Waals surface area contributed by atoms with Gasteiger partial charge in [0.1, 0.15) is 5.60 Å². The van der Waals surface area contributed by atoms with Crippen molar-refractivity contribution in [3.63, 3.8) is 0 Å². The number of amides is 1. The van der Waals surface area contributed by atoms with Gasteiger partial charge in [-0.2, -0.15) is 5.26 Å². The van der Waals surface area contributed by atoms with Crippen molar-refractivity contribution in [2.24, 2.45) is 0 Å². The van der Waals surface area contributed by atoms with Crippen molar-refractivity contribution >= 4 is 12.0 Å². The second-order valence-electron chi connectivity index (χ2n) is 4.38. The number of carbonyl (C=O) groups is 1. The first-order chi connectivity index (χ1) is 7.90. The maximum absolute atomic E-state index is 11.4. The summed E-state index contributed by atoms with van der Waals surface area (Å²) in [6.45, 7) is 5.30. The van der Waals surface area contributed by atoms with E-state index in [2.05, 4.69) is 15.3 Å². The Labute approximate surface area is 99.6 Å². The second-order valence-corrected chi connectivity index (χ2v) is 4.38. The average molecular weight is 234 g/mol. The summed E-state index contributed by atoms with van der Waals surface area (Å²) in [6, 6.07) is 1.98. The van der Waals surface area contributed by atoms with Crippen LogP contribution in [0.5, 0.6) is 0 Å². The highest BCUT2D eigenvalue weighted by Crippen LogP contribution is 2.08. The summed E-state index contributed by atoms with van der Waals surface area (Å²) in [4.78, 5) is 19.2. The molecular weight excluding hydrogens is 220 g/mol. The summed E-state index contributed by atoms with van der Waals surface area (Å²) in [7, 11) is 0. The molecule has 0 atom stereocenters. The van der Waals surface area contributed by atoms with Gasteiger partial charge in [-0.3, -0.25) is 5.32 Å². The smallest absolute Gasteiger partial charge is 0.414 e. The standard InChI is InChI=1S/C11H14N4O2/c1-11(2,3)17-10(16)15-9-13-6-8(4-5-12)7-14-9/h6-7H,4H2,1-3H3,(H,13,14,15,16). The van der Waals surface area contributed by atoms with E-state index in [4.69, 9.17) is 10.00 Å². The zero-order valence-corrected chi connectivity index (χ0v) is 10.0. The minimum atomic E-state index is -0.606. The number of nitriles is 1. The normalized spacial score (nSPS) is 10.5. The highest BCUT2D eigenvalue weighted by Gasteiger charge is 2.16. The Hall–Kier alpha value is -2.16. The molecule has 0 saturated heterocycles. The maximum atomic E-state index is 11.4. The van der Waals surface area contributed by atoms with Gasteiger partial charge in [-0.1, -0.05) is 0 Å². The number of anilines is 1. The summed E-state index contributed by atoms with van der Waals surface area (Å²) in [5.41, 5.74) is 0.132. The fourth-order valence-corrected chi connectivity index (χ4v) is 0.997. The highest BCUT2D eigenvalue weighted by atomic mass is 16.6. The Kier molecular flexibility index (Phi) is 3.99. The molecule has 1 heterocycles. The van der Waals surface area contributed by atoms with E-state index in [-0.39, 0.29) is 12.4 Å². The van der Waals surface area contributed by atoms with Crippen molar-refractivity contribution < 1.29 is 9.53 Å². The van der Waals surface area contributed by atoms with Gasteiger partial charge in [-0.15, -0.1) is 0 Å². The van der Waals surface area contributed by atoms with E-state index in [1.807, 2.05) is 6.07 Å². The Balaban J connectivity index is 2.58. The molecule has 0 aliphatic heterocycles. The molecule has 0 unspecified atom stereocenters. The Morgan fingerprint density at radius 1 is 1.47 bits per heavy atom. The van der Waals surface area contributed by atoms with Crippen molar-refractivity contribution in [1.29, 1.82) is 5.26 Å². The van der Waals surface area contributed by atoms with E-state index in [0.717, 1.165) is 0 Å². The molecule has 1 rings (SSSR count). The number of hydrogen-bond acceptors (Lipinski definition) is 5. The fourth-order valence-electron chi connectivity index (χ4n) is 0.997. The Morgan fingerprint density at radius 3 is 2.53 bits per heavy atom. The average Bonchev–Trinajstić information content (AvgIpc) is 2.18. The molecule has 0 aliphatic carbocycles. The van der Waals surface area contributed by atoms with E-state index in [0.29, 0.717) is 5.56 Å². The lowest BCUT2D eigenvalue weighted by molar-refractivity contribution is 0.0634. The van der Waals surface area contributed by atoms with Crippen LogP contribution in [0.4, 0.5) is 10.7 Å². The Bertz CT molecular complexity index is 428. The number of hydrogen-bond donors (Lipinski definition) is 1. The Morgan fingerprint density at radius 2 is 2.06 bits per heavy atom. The molecule has 0 spiro atoms. The van der Waals surface area contributed by atoms with Crippen LogP contribution < -0.4 is 5.32 Å². The molecule has 6 nitrogen and oxygen atoms in total. The van der Waals surface area contributed by atoms with Crippen LogP contribution in [0.3, 0.4) is 0 Å². The first kappa shape index (κ1) is 12.9. The van der Waals surface area contributed by atoms with E-state index in [9.17, 15) is 4.79 Å². The minimum Gasteiger partial charge on any atom is -0.444 e. The van der Waals surface area contributed by atoms with Crippen LogP contribution in [0.1, 0.15) is 26.3 Å². The van der Waals surface area contributed by atoms with Crippen molar-refractivity contribution in [2.45, 2.75) is 32.8 Å². The van der Waals surface area contributed by atoms with Crippen molar-refractivity contribution in [3.05, 3.63) is 18.0 Å². The first-order valence-corrected chi connectivity index (χ1v) is 5.08. The van der Waals surface area contributed by atoms with Gasteiger partial charge in [-0.25, -0.2) is 14.8 Å². The van der Waals surface area contributed by atoms with Gasteiger partial charge < -0.3 is 4.74 Å². The van der Waals surface area contributed by atoms with Crippen LogP contribution in [0.2, 0.25) is 0 Å². The summed E-state index contributed by atoms with van der Waals surface area (Å²) >= 11 is 0. The van der Waals surface area contributed by atoms with Crippen molar-refractivity contribution in [3.8, 4) is 6.07 Å². The number of nitrogens with zero attached hydrogens (tertiary/aromatic N) is 3. The summed E-state index contributed by atoms with van der Waals surface area (Å²) < 4.78 is 5.04. The molecule has 0 aromatic carbocycles. The highest BCUT2D eigenvalue weighted by molar-refractivity contribution is 5.82. The third kappa shape index (κ3) is 4.93. The molecule has 0 radical (unpaired) electrons. The third-order valence-corrected chi connectivity index (χ3v) is 1.60. The summed E-state index contributed by atoms with van der Waals surface area (Å²) in [5.74, 6) is 0.154. The number of carbonyl (C=O) groups excluding carboxylic acids is 1. The molecule has 0 fully saturated rings. The van der Waals surface area contributed by atoms with Crippen LogP contribution in [0.25, 0.3) is 0 Å². The van der Waals surface area contributed by atoms with Crippen molar-refractivity contribution in [1.82, 2.24) is 9.97 Å². The van der Waals surface area contributed by atoms with Crippen LogP contribution in [-0.4, -0.2) is 21.7 Å². The van der Waals surface area contributed by atoms with Crippen LogP contribution in [0.15, 0.2) is 12.4 Å². The summed E-state index contributed by atoms with van der Waals surface area (Å²) in [5, 5.41) is 10.9. The van der Waals surface area contributed by atoms with Crippen LogP contribution in [-0.2, 0) is 11.2 Å². The van der Waals surface area contributed by atoms with Crippen LogP contribution >= 0.6 is 0 Å². The van der Waals surface area contributed by atoms with E-state index >= 15 is 0 Å². The van der Waals surface area contributed by atoms with Gasteiger partial charge >= 0.3 is 6.09 Å². The first-order valence-electron chi connectivity index (χ1n) is 5.08. The molecule has 90 valence electrons. The lowest BCUT2D eigenvalue weighted by atomic mass is 10.2. The molecule has 6 heteroatoms. The van der Waals surface area contributed by atoms with Gasteiger partial charge in [0.25, 0.3) is 0 Å². The molecule has 1 aromatic rings. The van der Waals surface area contributed by atoms with Crippen LogP contribution in [0, 0.1) is 11.3 Å². The van der Waals surface area contributed by atoms with Gasteiger partial charge in [0.2, 0.25) is 5.95 Å². The molecule has 1 amide bonds. The SMILES string of the molecule is CC(C)(C)OC(=O)Nc1ncc(CC#N)cn1. The van der Waals surface area contributed by atoms with E-state index in [1.54, 1.807) is 20.8 Å². The number of aromatic nitrogens is 2. The number of ether oxygens (including phenoxy) is 1. The largest absolute Gasteiger partial charge is 0.444 e. The zero-order chi connectivity index (χ0) is 12.9. The predicted octanol–water partition coefficient (Wildman–Crippen LogP) is 1.89. The quantitative estimate of drug-likeness (QED) is 0.844. The molecular formula is C11H14N4O2. The molecule has 17 heavy (non-hydrogen) atoms. The van der Waals surface area contributed by atoms with Crippen molar-refractivity contribution in [2.75, 3.05) is 5.32 Å². The van der Waals surface area contributed by atoms with Gasteiger partial charge in [0.15, 0.2) is 0 Å². The monoisotopic (exact) mass is 234 g/mol.